The number of hydrogen-bond acceptors (Lipinski definition) is 6. The number of thioether (sulfide) groups is 1. The molecule has 3 heterocycles. The van der Waals surface area contributed by atoms with E-state index < -0.39 is 11.2 Å². The van der Waals surface area contributed by atoms with Gasteiger partial charge in [-0.15, -0.1) is 5.10 Å². The van der Waals surface area contributed by atoms with E-state index in [4.69, 9.17) is 5.11 Å². The number of carboxylic acid groups (broad SMARTS) is 1. The molecule has 0 unspecified atom stereocenters. The number of fused-ring (bicyclic) bond motifs is 1. The van der Waals surface area contributed by atoms with Gasteiger partial charge >= 0.3 is 5.97 Å². The van der Waals surface area contributed by atoms with Crippen LogP contribution in [0.5, 0.6) is 0 Å². The summed E-state index contributed by atoms with van der Waals surface area (Å²) >= 11 is 1.13. The third kappa shape index (κ3) is 2.10. The molecule has 1 aliphatic rings. The van der Waals surface area contributed by atoms with Crippen molar-refractivity contribution >= 4 is 23.6 Å². The lowest BCUT2D eigenvalue weighted by Crippen LogP contribution is -2.21. The predicted molar refractivity (Wildman–Crippen MR) is 65.8 cm³/mol. The van der Waals surface area contributed by atoms with Gasteiger partial charge in [-0.2, -0.15) is 4.68 Å². The number of aliphatic carboxylic acids is 1. The second-order valence-corrected chi connectivity index (χ2v) is 5.08. The zero-order valence-corrected chi connectivity index (χ0v) is 10.4. The van der Waals surface area contributed by atoms with E-state index in [2.05, 4.69) is 15.1 Å². The zero-order chi connectivity index (χ0) is 13.4. The first-order valence-electron chi connectivity index (χ1n) is 5.45. The molecule has 0 saturated heterocycles. The summed E-state index contributed by atoms with van der Waals surface area (Å²) < 4.78 is 1.17. The zero-order valence-electron chi connectivity index (χ0n) is 9.55. The van der Waals surface area contributed by atoms with Crippen LogP contribution in [-0.2, 0) is 4.79 Å². The largest absolute Gasteiger partial charge is 0.481 e. The fourth-order valence-electron chi connectivity index (χ4n) is 1.74. The maximum atomic E-state index is 11.9. The lowest BCUT2D eigenvalue weighted by molar-refractivity contribution is -0.136. The number of carboxylic acids is 1. The Morgan fingerprint density at radius 1 is 1.42 bits per heavy atom. The highest BCUT2D eigenvalue weighted by atomic mass is 32.2. The van der Waals surface area contributed by atoms with Gasteiger partial charge in [0.25, 0.3) is 5.91 Å². The molecule has 1 N–H and O–H groups in total. The van der Waals surface area contributed by atoms with Gasteiger partial charge < -0.3 is 5.11 Å². The molecule has 0 radical (unpaired) electrons. The molecule has 2 aromatic heterocycles. The molecular formula is C11H8N4O3S. The van der Waals surface area contributed by atoms with Gasteiger partial charge in [-0.25, -0.2) is 4.98 Å². The molecule has 7 nitrogen and oxygen atoms in total. The second kappa shape index (κ2) is 4.47. The number of hydrogen-bond donors (Lipinski definition) is 1. The molecule has 0 fully saturated rings. The fraction of sp³-hybridized carbons (Fsp3) is 0.182. The predicted octanol–water partition coefficient (Wildman–Crippen LogP) is 0.929. The molecule has 1 atom stereocenters. The van der Waals surface area contributed by atoms with Crippen LogP contribution in [0.2, 0.25) is 0 Å². The van der Waals surface area contributed by atoms with Crippen molar-refractivity contribution in [2.75, 3.05) is 0 Å². The molecule has 1 aliphatic heterocycles. The Kier molecular flexibility index (Phi) is 2.79. The highest BCUT2D eigenvalue weighted by Gasteiger charge is 2.36. The SMILES string of the molecule is O=C(O)C[C@@H]1Sc2nc(-c3ccncc3)nn2C1=O. The minimum absolute atomic E-state index is 0.223. The van der Waals surface area contributed by atoms with Crippen LogP contribution in [0.15, 0.2) is 29.7 Å². The van der Waals surface area contributed by atoms with Gasteiger partial charge in [0.1, 0.15) is 5.25 Å². The van der Waals surface area contributed by atoms with Crippen LogP contribution in [0, 0.1) is 0 Å². The smallest absolute Gasteiger partial charge is 0.305 e. The third-order valence-corrected chi connectivity index (χ3v) is 3.74. The lowest BCUT2D eigenvalue weighted by Gasteiger charge is -2.01. The van der Waals surface area contributed by atoms with E-state index in [9.17, 15) is 9.59 Å². The topological polar surface area (TPSA) is 98.0 Å². The van der Waals surface area contributed by atoms with Crippen LogP contribution in [0.25, 0.3) is 11.4 Å². The Hall–Kier alpha value is -2.22. The minimum atomic E-state index is -1.01. The first-order valence-corrected chi connectivity index (χ1v) is 6.33. The monoisotopic (exact) mass is 276 g/mol. The Labute approximate surface area is 111 Å². The first-order chi connectivity index (χ1) is 9.15. The van der Waals surface area contributed by atoms with Gasteiger partial charge in [-0.3, -0.25) is 14.6 Å². The van der Waals surface area contributed by atoms with Crippen LogP contribution in [0.3, 0.4) is 0 Å². The van der Waals surface area contributed by atoms with E-state index in [1.165, 1.54) is 4.68 Å². The van der Waals surface area contributed by atoms with E-state index in [-0.39, 0.29) is 12.3 Å². The minimum Gasteiger partial charge on any atom is -0.481 e. The maximum Gasteiger partial charge on any atom is 0.305 e. The summed E-state index contributed by atoms with van der Waals surface area (Å²) in [5, 5.41) is 12.6. The van der Waals surface area contributed by atoms with Crippen molar-refractivity contribution in [3.05, 3.63) is 24.5 Å². The van der Waals surface area contributed by atoms with E-state index in [1.54, 1.807) is 24.5 Å². The van der Waals surface area contributed by atoms with Crippen molar-refractivity contribution in [2.24, 2.45) is 0 Å². The maximum absolute atomic E-state index is 11.9. The molecule has 8 heteroatoms. The fourth-order valence-corrected chi connectivity index (χ4v) is 2.79. The number of carbonyl (C=O) groups is 2. The molecule has 3 rings (SSSR count). The molecule has 0 amide bonds. The molecular weight excluding hydrogens is 268 g/mol. The van der Waals surface area contributed by atoms with Crippen LogP contribution >= 0.6 is 11.8 Å². The molecule has 19 heavy (non-hydrogen) atoms. The summed E-state index contributed by atoms with van der Waals surface area (Å²) in [5.74, 6) is -0.909. The van der Waals surface area contributed by atoms with Crippen molar-refractivity contribution in [1.29, 1.82) is 0 Å². The molecule has 0 spiro atoms. The highest BCUT2D eigenvalue weighted by Crippen LogP contribution is 2.33. The quantitative estimate of drug-likeness (QED) is 0.890. The average Bonchev–Trinajstić information content (AvgIpc) is 2.92. The number of nitrogens with zero attached hydrogens (tertiary/aromatic N) is 4. The molecule has 2 aromatic rings. The molecule has 96 valence electrons. The van der Waals surface area contributed by atoms with E-state index in [1.807, 2.05) is 0 Å². The van der Waals surface area contributed by atoms with Gasteiger partial charge in [0.15, 0.2) is 11.0 Å². The number of pyridine rings is 1. The Bertz CT molecular complexity index is 655. The molecule has 0 aromatic carbocycles. The molecule has 0 saturated carbocycles. The normalized spacial score (nSPS) is 17.5. The Balaban J connectivity index is 1.89. The number of carbonyl (C=O) groups excluding carboxylic acids is 1. The van der Waals surface area contributed by atoms with Gasteiger partial charge in [0, 0.05) is 18.0 Å². The van der Waals surface area contributed by atoms with Crippen molar-refractivity contribution in [2.45, 2.75) is 16.8 Å². The van der Waals surface area contributed by atoms with Crippen LogP contribution in [0.4, 0.5) is 0 Å². The number of aromatic nitrogens is 4. The highest BCUT2D eigenvalue weighted by molar-refractivity contribution is 8.00. The summed E-state index contributed by atoms with van der Waals surface area (Å²) in [6, 6.07) is 3.49. The summed E-state index contributed by atoms with van der Waals surface area (Å²) in [6.45, 7) is 0. The van der Waals surface area contributed by atoms with Crippen LogP contribution in [0.1, 0.15) is 11.2 Å². The first kappa shape index (κ1) is 11.8. The van der Waals surface area contributed by atoms with E-state index in [0.717, 1.165) is 17.3 Å². The molecule has 0 bridgehead atoms. The Morgan fingerprint density at radius 3 is 2.79 bits per heavy atom. The number of rotatable bonds is 3. The standard InChI is InChI=1S/C11H8N4O3S/c16-8(17)5-7-10(18)15-11(19-7)13-9(14-15)6-1-3-12-4-2-6/h1-4,7H,5H2,(H,16,17)/t7-/m0/s1. The van der Waals surface area contributed by atoms with Crippen molar-refractivity contribution in [3.63, 3.8) is 0 Å². The third-order valence-electron chi connectivity index (χ3n) is 2.61. The Morgan fingerprint density at radius 2 is 2.16 bits per heavy atom. The van der Waals surface area contributed by atoms with Gasteiger partial charge in [-0.1, -0.05) is 11.8 Å². The van der Waals surface area contributed by atoms with Gasteiger partial charge in [0.05, 0.1) is 6.42 Å². The van der Waals surface area contributed by atoms with Crippen LogP contribution < -0.4 is 0 Å². The average molecular weight is 276 g/mol. The van der Waals surface area contributed by atoms with E-state index in [0.29, 0.717) is 11.0 Å². The lowest BCUT2D eigenvalue weighted by atomic mass is 10.3. The van der Waals surface area contributed by atoms with Crippen molar-refractivity contribution in [1.82, 2.24) is 19.7 Å². The summed E-state index contributed by atoms with van der Waals surface area (Å²) in [4.78, 5) is 30.7. The summed E-state index contributed by atoms with van der Waals surface area (Å²) in [5.41, 5.74) is 0.764. The molecule has 0 aliphatic carbocycles. The summed E-state index contributed by atoms with van der Waals surface area (Å²) in [7, 11) is 0. The van der Waals surface area contributed by atoms with Gasteiger partial charge in [-0.05, 0) is 12.1 Å². The van der Waals surface area contributed by atoms with Gasteiger partial charge in [0.2, 0.25) is 0 Å². The van der Waals surface area contributed by atoms with E-state index >= 15 is 0 Å². The summed E-state index contributed by atoms with van der Waals surface area (Å²) in [6.07, 6.45) is 3.01. The second-order valence-electron chi connectivity index (χ2n) is 3.91. The van der Waals surface area contributed by atoms with Crippen LogP contribution in [-0.4, -0.2) is 42.0 Å². The van der Waals surface area contributed by atoms with Crippen molar-refractivity contribution in [3.8, 4) is 11.4 Å². The van der Waals surface area contributed by atoms with Crippen molar-refractivity contribution < 1.29 is 14.7 Å².